The molecule has 1 aliphatic rings. The average Bonchev–Trinajstić information content (AvgIpc) is 2.66. The molecular weight excluding hydrogens is 370 g/mol. The van der Waals surface area contributed by atoms with Gasteiger partial charge in [0.05, 0.1) is 11.6 Å². The van der Waals surface area contributed by atoms with E-state index in [-0.39, 0.29) is 11.9 Å². The fraction of sp³-hybridized carbons (Fsp3) is 0.444. The molecule has 0 saturated heterocycles. The van der Waals surface area contributed by atoms with E-state index in [1.807, 2.05) is 30.4 Å². The number of amides is 1. The number of hydrogen-bond acceptors (Lipinski definition) is 2. The first-order valence-electron chi connectivity index (χ1n) is 10.8. The minimum Gasteiger partial charge on any atom is -0.388 e. The maximum absolute atomic E-state index is 12.6. The van der Waals surface area contributed by atoms with E-state index < -0.39 is 5.60 Å². The Morgan fingerprint density at radius 2 is 2.10 bits per heavy atom. The van der Waals surface area contributed by atoms with Crippen molar-refractivity contribution in [2.75, 3.05) is 0 Å². The van der Waals surface area contributed by atoms with Gasteiger partial charge in [0.2, 0.25) is 5.91 Å². The summed E-state index contributed by atoms with van der Waals surface area (Å²) in [4.78, 5) is 12.6. The van der Waals surface area contributed by atoms with Crippen molar-refractivity contribution in [1.82, 2.24) is 5.32 Å². The van der Waals surface area contributed by atoms with E-state index >= 15 is 0 Å². The quantitative estimate of drug-likeness (QED) is 0.399. The molecule has 162 valence electrons. The first-order valence-corrected chi connectivity index (χ1v) is 10.8. The zero-order valence-corrected chi connectivity index (χ0v) is 19.2. The molecule has 0 aromatic rings. The molecule has 0 aliphatic heterocycles. The van der Waals surface area contributed by atoms with Gasteiger partial charge in [-0.05, 0) is 52.5 Å². The molecular formula is C27H37NO2. The van der Waals surface area contributed by atoms with Crippen molar-refractivity contribution in [2.45, 2.75) is 78.4 Å². The highest BCUT2D eigenvalue weighted by Crippen LogP contribution is 2.15. The van der Waals surface area contributed by atoms with Crippen molar-refractivity contribution >= 4 is 5.91 Å². The zero-order chi connectivity index (χ0) is 22.6. The Hall–Kier alpha value is -2.57. The Labute approximate surface area is 183 Å². The summed E-state index contributed by atoms with van der Waals surface area (Å²) in [5.74, 6) is 6.37. The first kappa shape index (κ1) is 25.5. The van der Waals surface area contributed by atoms with E-state index in [0.717, 1.165) is 42.4 Å². The summed E-state index contributed by atoms with van der Waals surface area (Å²) < 4.78 is 0. The molecule has 1 rings (SSSR count). The predicted octanol–water partition coefficient (Wildman–Crippen LogP) is 5.72. The van der Waals surface area contributed by atoms with E-state index in [2.05, 4.69) is 49.7 Å². The number of rotatable bonds is 8. The Kier molecular flexibility index (Phi) is 10.9. The Balaban J connectivity index is 3.00. The molecule has 0 aromatic carbocycles. The molecule has 2 N–H and O–H groups in total. The van der Waals surface area contributed by atoms with Crippen LogP contribution >= 0.6 is 0 Å². The highest BCUT2D eigenvalue weighted by atomic mass is 16.3. The van der Waals surface area contributed by atoms with Crippen molar-refractivity contribution < 1.29 is 9.90 Å². The smallest absolute Gasteiger partial charge is 0.247 e. The standard InChI is InChI=1S/C27H37NO2/c1-7-12-23(15-11-13-21(3)8-2)17-18-24-14-9-10-16-25(20-19-24)26(29)28-22(4)27(5,6)30/h9,11,13-15,19-20,22,30H,3,7-8,10,12,16H2,1-2,4-6H3,(H,28,29). The van der Waals surface area contributed by atoms with E-state index in [1.165, 1.54) is 0 Å². The third-order valence-corrected chi connectivity index (χ3v) is 5.01. The van der Waals surface area contributed by atoms with Gasteiger partial charge in [0.1, 0.15) is 0 Å². The Morgan fingerprint density at radius 3 is 2.73 bits per heavy atom. The normalized spacial score (nSPS) is 16.0. The molecule has 0 spiro atoms. The molecule has 1 unspecified atom stereocenters. The van der Waals surface area contributed by atoms with Gasteiger partial charge in [-0.25, -0.2) is 0 Å². The maximum Gasteiger partial charge on any atom is 0.247 e. The van der Waals surface area contributed by atoms with E-state index in [0.29, 0.717) is 12.0 Å². The Bertz CT molecular complexity index is 817. The van der Waals surface area contributed by atoms with Gasteiger partial charge in [-0.3, -0.25) is 4.79 Å². The minimum absolute atomic E-state index is 0.142. The second-order valence-corrected chi connectivity index (χ2v) is 8.17. The summed E-state index contributed by atoms with van der Waals surface area (Å²) in [7, 11) is 0. The van der Waals surface area contributed by atoms with E-state index in [9.17, 15) is 9.90 Å². The molecule has 0 bridgehead atoms. The van der Waals surface area contributed by atoms with Gasteiger partial charge in [-0.15, -0.1) is 0 Å². The third kappa shape index (κ3) is 9.76. The average molecular weight is 408 g/mol. The topological polar surface area (TPSA) is 49.3 Å². The first-order chi connectivity index (χ1) is 14.2. The van der Waals surface area contributed by atoms with Crippen LogP contribution in [0, 0.1) is 11.8 Å². The molecule has 0 saturated carbocycles. The lowest BCUT2D eigenvalue weighted by atomic mass is 9.99. The molecule has 0 radical (unpaired) electrons. The fourth-order valence-corrected chi connectivity index (χ4v) is 2.54. The summed E-state index contributed by atoms with van der Waals surface area (Å²) in [6, 6.07) is -0.339. The molecule has 3 heteroatoms. The van der Waals surface area contributed by atoms with E-state index in [1.54, 1.807) is 20.8 Å². The number of carbonyl (C=O) groups excluding carboxylic acids is 1. The number of hydrogen-bond donors (Lipinski definition) is 2. The second kappa shape index (κ2) is 12.9. The molecule has 1 aliphatic carbocycles. The van der Waals surface area contributed by atoms with Crippen LogP contribution in [-0.2, 0) is 4.79 Å². The number of nitrogens with one attached hydrogen (secondary N) is 1. The Morgan fingerprint density at radius 1 is 1.37 bits per heavy atom. The summed E-state index contributed by atoms with van der Waals surface area (Å²) in [5, 5.41) is 12.9. The second-order valence-electron chi connectivity index (χ2n) is 8.17. The van der Waals surface area contributed by atoms with Crippen molar-refractivity contribution in [1.29, 1.82) is 0 Å². The van der Waals surface area contributed by atoms with Gasteiger partial charge in [0, 0.05) is 16.7 Å². The van der Waals surface area contributed by atoms with Gasteiger partial charge in [-0.2, -0.15) is 0 Å². The predicted molar refractivity (Wildman–Crippen MR) is 128 cm³/mol. The summed E-state index contributed by atoms with van der Waals surface area (Å²) in [6.07, 6.45) is 18.2. The molecule has 0 aromatic heterocycles. The number of carbonyl (C=O) groups is 1. The van der Waals surface area contributed by atoms with Crippen LogP contribution in [0.25, 0.3) is 0 Å². The highest BCUT2D eigenvalue weighted by molar-refractivity contribution is 5.94. The molecule has 0 heterocycles. The third-order valence-electron chi connectivity index (χ3n) is 5.01. The van der Waals surface area contributed by atoms with Crippen molar-refractivity contribution in [3.05, 3.63) is 71.4 Å². The van der Waals surface area contributed by atoms with Crippen LogP contribution in [0.5, 0.6) is 0 Å². The summed E-state index contributed by atoms with van der Waals surface area (Å²) in [6.45, 7) is 13.4. The number of allylic oxidation sites excluding steroid dienone is 10. The van der Waals surface area contributed by atoms with Crippen LogP contribution in [-0.4, -0.2) is 22.7 Å². The maximum atomic E-state index is 12.6. The van der Waals surface area contributed by atoms with Crippen LogP contribution in [0.3, 0.4) is 0 Å². The van der Waals surface area contributed by atoms with Gasteiger partial charge >= 0.3 is 0 Å². The lowest BCUT2D eigenvalue weighted by Crippen LogP contribution is -2.47. The van der Waals surface area contributed by atoms with E-state index in [4.69, 9.17) is 0 Å². The van der Waals surface area contributed by atoms with Gasteiger partial charge < -0.3 is 10.4 Å². The summed E-state index contributed by atoms with van der Waals surface area (Å²) in [5.41, 5.74) is 2.77. The highest BCUT2D eigenvalue weighted by Gasteiger charge is 2.24. The van der Waals surface area contributed by atoms with Crippen LogP contribution < -0.4 is 5.32 Å². The van der Waals surface area contributed by atoms with Crippen LogP contribution in [0.15, 0.2) is 71.4 Å². The molecule has 30 heavy (non-hydrogen) atoms. The SMILES string of the molecule is C=C(C=CC=C(C#CC1=CC=C(C(=O)NC(C)C(C)(C)O)CCC=C1)CCC)CC. The molecule has 3 nitrogen and oxygen atoms in total. The van der Waals surface area contributed by atoms with Gasteiger partial charge in [-0.1, -0.05) is 80.7 Å². The van der Waals surface area contributed by atoms with Gasteiger partial charge in [0.25, 0.3) is 0 Å². The number of aliphatic hydroxyl groups is 1. The zero-order valence-electron chi connectivity index (χ0n) is 19.2. The largest absolute Gasteiger partial charge is 0.388 e. The van der Waals surface area contributed by atoms with Crippen LogP contribution in [0.1, 0.15) is 66.7 Å². The van der Waals surface area contributed by atoms with Crippen LogP contribution in [0.2, 0.25) is 0 Å². The molecule has 1 atom stereocenters. The van der Waals surface area contributed by atoms with Crippen molar-refractivity contribution in [3.8, 4) is 11.8 Å². The summed E-state index contributed by atoms with van der Waals surface area (Å²) >= 11 is 0. The lowest BCUT2D eigenvalue weighted by Gasteiger charge is -2.27. The monoisotopic (exact) mass is 407 g/mol. The van der Waals surface area contributed by atoms with Crippen molar-refractivity contribution in [3.63, 3.8) is 0 Å². The molecule has 0 fully saturated rings. The molecule has 1 amide bonds. The minimum atomic E-state index is -0.968. The van der Waals surface area contributed by atoms with Gasteiger partial charge in [0.15, 0.2) is 0 Å². The van der Waals surface area contributed by atoms with Crippen molar-refractivity contribution in [2.24, 2.45) is 0 Å². The fourth-order valence-electron chi connectivity index (χ4n) is 2.54. The van der Waals surface area contributed by atoms with Crippen LogP contribution in [0.4, 0.5) is 0 Å². The lowest BCUT2D eigenvalue weighted by molar-refractivity contribution is -0.119.